The molecule has 0 aromatic carbocycles. The van der Waals surface area contributed by atoms with Gasteiger partial charge in [-0.1, -0.05) is 11.6 Å². The molecule has 0 bridgehead atoms. The number of aromatic amines is 1. The van der Waals surface area contributed by atoms with Gasteiger partial charge in [0.05, 0.1) is 5.69 Å². The van der Waals surface area contributed by atoms with Crippen molar-refractivity contribution in [2.45, 2.75) is 12.3 Å². The van der Waals surface area contributed by atoms with Gasteiger partial charge in [-0.15, -0.1) is 11.3 Å². The van der Waals surface area contributed by atoms with Gasteiger partial charge in [-0.05, 0) is 0 Å². The van der Waals surface area contributed by atoms with Gasteiger partial charge in [-0.2, -0.15) is 5.10 Å². The van der Waals surface area contributed by atoms with E-state index in [-0.39, 0.29) is 18.2 Å². The number of rotatable bonds is 2. The summed E-state index contributed by atoms with van der Waals surface area (Å²) in [6, 6.07) is 0. The summed E-state index contributed by atoms with van der Waals surface area (Å²) in [6.45, 7) is 0. The maximum Gasteiger partial charge on any atom is 0.269 e. The van der Waals surface area contributed by atoms with Crippen molar-refractivity contribution in [1.82, 2.24) is 24.9 Å². The first kappa shape index (κ1) is 14.2. The first-order valence-electron chi connectivity index (χ1n) is 6.81. The summed E-state index contributed by atoms with van der Waals surface area (Å²) in [5.41, 5.74) is 1.62. The predicted molar refractivity (Wildman–Crippen MR) is 85.1 cm³/mol. The zero-order valence-electron chi connectivity index (χ0n) is 11.9. The number of carbonyl (C=O) groups excluding carboxylic acids is 2. The van der Waals surface area contributed by atoms with Gasteiger partial charge in [-0.3, -0.25) is 19.1 Å². The van der Waals surface area contributed by atoms with E-state index >= 15 is 0 Å². The van der Waals surface area contributed by atoms with Crippen molar-refractivity contribution in [1.29, 1.82) is 0 Å². The number of imidazole rings is 1. The monoisotopic (exact) mass is 350 g/mol. The van der Waals surface area contributed by atoms with Crippen LogP contribution >= 0.6 is 22.9 Å². The Morgan fingerprint density at radius 1 is 1.57 bits per heavy atom. The fourth-order valence-electron chi connectivity index (χ4n) is 2.88. The quantitative estimate of drug-likeness (QED) is 0.653. The molecule has 0 saturated heterocycles. The van der Waals surface area contributed by atoms with Crippen LogP contribution in [0.5, 0.6) is 0 Å². The summed E-state index contributed by atoms with van der Waals surface area (Å²) >= 11 is 7.75. The smallest absolute Gasteiger partial charge is 0.269 e. The summed E-state index contributed by atoms with van der Waals surface area (Å²) < 4.78 is 1.85. The number of hydrogen-bond acceptors (Lipinski definition) is 5. The van der Waals surface area contributed by atoms with E-state index < -0.39 is 5.92 Å². The molecule has 1 aliphatic rings. The van der Waals surface area contributed by atoms with Crippen molar-refractivity contribution in [3.05, 3.63) is 33.7 Å². The number of fused-ring (bicyclic) bond motifs is 2. The molecule has 0 saturated carbocycles. The summed E-state index contributed by atoms with van der Waals surface area (Å²) in [5.74, 6) is -0.534. The Labute approximate surface area is 138 Å². The topological polar surface area (TPSA) is 104 Å². The summed E-state index contributed by atoms with van der Waals surface area (Å²) in [7, 11) is 1.54. The first-order valence-corrected chi connectivity index (χ1v) is 8.07. The molecule has 0 spiro atoms. The van der Waals surface area contributed by atoms with Crippen molar-refractivity contribution in [2.24, 2.45) is 0 Å². The molecule has 8 nitrogen and oxygen atoms in total. The van der Waals surface area contributed by atoms with Crippen LogP contribution in [0.15, 0.2) is 11.6 Å². The molecule has 23 heavy (non-hydrogen) atoms. The molecule has 3 aromatic rings. The first-order chi connectivity index (χ1) is 11.1. The fourth-order valence-corrected chi connectivity index (χ4v) is 3.95. The molecule has 1 atom stereocenters. The third-order valence-corrected chi connectivity index (χ3v) is 4.87. The fraction of sp³-hybridized carbons (Fsp3) is 0.231. The molecule has 3 aromatic heterocycles. The number of amides is 2. The van der Waals surface area contributed by atoms with Crippen LogP contribution in [0.4, 0.5) is 5.82 Å². The van der Waals surface area contributed by atoms with Crippen molar-refractivity contribution in [3.63, 3.8) is 0 Å². The second-order valence-electron chi connectivity index (χ2n) is 5.09. The number of carbonyl (C=O) groups is 2. The summed E-state index contributed by atoms with van der Waals surface area (Å²) in [6.07, 6.45) is 2.01. The van der Waals surface area contributed by atoms with Gasteiger partial charge in [0.2, 0.25) is 5.91 Å². The van der Waals surface area contributed by atoms with Crippen LogP contribution in [-0.4, -0.2) is 38.4 Å². The van der Waals surface area contributed by atoms with Crippen LogP contribution < -0.4 is 10.6 Å². The highest BCUT2D eigenvalue weighted by atomic mass is 35.5. The Bertz CT molecular complexity index is 942. The Balaban J connectivity index is 1.95. The average Bonchev–Trinajstić information content (AvgIpc) is 3.19. The number of thiazole rings is 1. The van der Waals surface area contributed by atoms with Crippen molar-refractivity contribution < 1.29 is 9.59 Å². The number of nitrogens with one attached hydrogen (secondary N) is 3. The lowest BCUT2D eigenvalue weighted by Crippen LogP contribution is -2.27. The minimum atomic E-state index is -0.401. The maximum absolute atomic E-state index is 12.1. The highest BCUT2D eigenvalue weighted by Gasteiger charge is 2.36. The van der Waals surface area contributed by atoms with Crippen LogP contribution in [0.25, 0.3) is 4.96 Å². The lowest BCUT2D eigenvalue weighted by Gasteiger charge is -2.22. The molecule has 0 fully saturated rings. The third-order valence-electron chi connectivity index (χ3n) is 3.84. The Kier molecular flexibility index (Phi) is 3.13. The van der Waals surface area contributed by atoms with E-state index in [1.165, 1.54) is 18.4 Å². The van der Waals surface area contributed by atoms with Gasteiger partial charge in [0.1, 0.15) is 5.69 Å². The Hall–Kier alpha value is -2.39. The lowest BCUT2D eigenvalue weighted by atomic mass is 9.89. The molecule has 4 rings (SSSR count). The van der Waals surface area contributed by atoms with E-state index in [2.05, 4.69) is 25.8 Å². The third kappa shape index (κ3) is 2.04. The second kappa shape index (κ2) is 5.07. The number of halogens is 1. The van der Waals surface area contributed by atoms with Gasteiger partial charge >= 0.3 is 0 Å². The number of aromatic nitrogens is 4. The predicted octanol–water partition coefficient (Wildman–Crippen LogP) is 1.61. The number of hydrogen-bond donors (Lipinski definition) is 3. The van der Waals surface area contributed by atoms with Gasteiger partial charge in [-0.25, -0.2) is 4.98 Å². The summed E-state index contributed by atoms with van der Waals surface area (Å²) in [5, 5.41) is 14.2. The van der Waals surface area contributed by atoms with Gasteiger partial charge in [0.15, 0.2) is 15.9 Å². The van der Waals surface area contributed by atoms with E-state index in [0.717, 1.165) is 4.96 Å². The molecule has 0 aliphatic carbocycles. The molecule has 2 amide bonds. The maximum atomic E-state index is 12.1. The van der Waals surface area contributed by atoms with Crippen molar-refractivity contribution >= 4 is 45.5 Å². The molecule has 4 heterocycles. The van der Waals surface area contributed by atoms with Crippen LogP contribution in [0, 0.1) is 0 Å². The number of anilines is 1. The Morgan fingerprint density at radius 3 is 3.17 bits per heavy atom. The normalized spacial score (nSPS) is 17.1. The second-order valence-corrected chi connectivity index (χ2v) is 6.32. The molecular formula is C13H11ClN6O2S. The SMILES string of the molecule is CNC(=O)c1[nH]nc2c1C(c1c(Cl)nc3sccn13)CC(=O)N2. The standard InChI is InChI=1S/C13H11ClN6O2S/c1-15-12(22)8-7-5(4-6(21)16-11(7)19-18-8)9-10(14)17-13-20(9)2-3-23-13/h2-3,5H,4H2,1H3,(H,15,22)(H2,16,18,19,21). The van der Waals surface area contributed by atoms with Gasteiger partial charge in [0.25, 0.3) is 5.91 Å². The molecular weight excluding hydrogens is 340 g/mol. The minimum Gasteiger partial charge on any atom is -0.354 e. The molecule has 10 heteroatoms. The largest absolute Gasteiger partial charge is 0.354 e. The molecule has 1 aliphatic heterocycles. The molecule has 118 valence electrons. The van der Waals surface area contributed by atoms with E-state index in [9.17, 15) is 9.59 Å². The lowest BCUT2D eigenvalue weighted by molar-refractivity contribution is -0.116. The van der Waals surface area contributed by atoms with E-state index in [1.807, 2.05) is 16.0 Å². The minimum absolute atomic E-state index is 0.167. The van der Waals surface area contributed by atoms with E-state index in [4.69, 9.17) is 11.6 Å². The van der Waals surface area contributed by atoms with Crippen molar-refractivity contribution in [3.8, 4) is 0 Å². The highest BCUT2D eigenvalue weighted by Crippen LogP contribution is 2.41. The molecule has 0 radical (unpaired) electrons. The van der Waals surface area contributed by atoms with Crippen LogP contribution in [0.3, 0.4) is 0 Å². The highest BCUT2D eigenvalue weighted by molar-refractivity contribution is 7.15. The molecule has 3 N–H and O–H groups in total. The van der Waals surface area contributed by atoms with Crippen LogP contribution in [-0.2, 0) is 4.79 Å². The van der Waals surface area contributed by atoms with E-state index in [1.54, 1.807) is 0 Å². The van der Waals surface area contributed by atoms with Gasteiger partial charge in [0, 0.05) is 36.5 Å². The zero-order chi connectivity index (χ0) is 16.1. The van der Waals surface area contributed by atoms with Crippen LogP contribution in [0.2, 0.25) is 5.15 Å². The summed E-state index contributed by atoms with van der Waals surface area (Å²) in [4.78, 5) is 29.2. The number of H-pyrrole nitrogens is 1. The van der Waals surface area contributed by atoms with Crippen molar-refractivity contribution in [2.75, 3.05) is 12.4 Å². The van der Waals surface area contributed by atoms with Gasteiger partial charge < -0.3 is 10.6 Å². The van der Waals surface area contributed by atoms with Crippen LogP contribution in [0.1, 0.15) is 34.1 Å². The van der Waals surface area contributed by atoms with E-state index in [0.29, 0.717) is 27.9 Å². The number of nitrogens with zero attached hydrogens (tertiary/aromatic N) is 3. The zero-order valence-corrected chi connectivity index (χ0v) is 13.5. The Morgan fingerprint density at radius 2 is 2.39 bits per heavy atom. The average molecular weight is 351 g/mol. The molecule has 1 unspecified atom stereocenters.